The third-order valence-corrected chi connectivity index (χ3v) is 4.54. The van der Waals surface area contributed by atoms with Gasteiger partial charge in [0.15, 0.2) is 11.6 Å². The van der Waals surface area contributed by atoms with E-state index in [1.54, 1.807) is 6.07 Å². The summed E-state index contributed by atoms with van der Waals surface area (Å²) in [6.45, 7) is 5.57. The second kappa shape index (κ2) is 5.17. The van der Waals surface area contributed by atoms with Crippen LogP contribution in [0.1, 0.15) is 31.4 Å². The largest absolute Gasteiger partial charge is 0.307 e. The molecule has 0 aromatic heterocycles. The highest BCUT2D eigenvalue weighted by molar-refractivity contribution is 5.21. The normalized spacial score (nSPS) is 31.4. The van der Waals surface area contributed by atoms with Crippen molar-refractivity contribution in [1.82, 2.24) is 10.2 Å². The van der Waals surface area contributed by atoms with Gasteiger partial charge in [-0.25, -0.2) is 8.78 Å². The van der Waals surface area contributed by atoms with Crippen LogP contribution in [0, 0.1) is 17.6 Å². The highest BCUT2D eigenvalue weighted by Crippen LogP contribution is 2.29. The van der Waals surface area contributed by atoms with E-state index in [9.17, 15) is 8.78 Å². The van der Waals surface area contributed by atoms with Gasteiger partial charge in [-0.2, -0.15) is 0 Å². The lowest BCUT2D eigenvalue weighted by molar-refractivity contribution is 0.212. The minimum atomic E-state index is -0.778. The van der Waals surface area contributed by atoms with E-state index in [1.165, 1.54) is 31.6 Å². The minimum absolute atomic E-state index is 0.0623. The van der Waals surface area contributed by atoms with Gasteiger partial charge >= 0.3 is 0 Å². The standard InChI is InChI=1S/C15H20F2N2/c1-10(11-2-3-13(16)14(17)8-11)18-15-5-7-19-6-4-12(15)9-19/h2-3,8,10,12,15,18H,4-7,9H2,1H3. The van der Waals surface area contributed by atoms with E-state index in [2.05, 4.69) is 10.2 Å². The van der Waals surface area contributed by atoms with Gasteiger partial charge in [0, 0.05) is 18.6 Å². The molecule has 0 aliphatic carbocycles. The Morgan fingerprint density at radius 3 is 2.79 bits per heavy atom. The van der Waals surface area contributed by atoms with Crippen LogP contribution in [0.5, 0.6) is 0 Å². The van der Waals surface area contributed by atoms with E-state index >= 15 is 0 Å². The van der Waals surface area contributed by atoms with Crippen molar-refractivity contribution in [2.75, 3.05) is 19.6 Å². The zero-order valence-corrected chi connectivity index (χ0v) is 11.2. The van der Waals surface area contributed by atoms with Gasteiger partial charge in [0.2, 0.25) is 0 Å². The van der Waals surface area contributed by atoms with E-state index < -0.39 is 11.6 Å². The number of halogens is 2. The molecular formula is C15H20F2N2. The van der Waals surface area contributed by atoms with Crippen molar-refractivity contribution in [2.24, 2.45) is 5.92 Å². The van der Waals surface area contributed by atoms with Gasteiger partial charge in [-0.15, -0.1) is 0 Å². The van der Waals surface area contributed by atoms with Crippen LogP contribution < -0.4 is 5.32 Å². The topological polar surface area (TPSA) is 15.3 Å². The second-order valence-corrected chi connectivity index (χ2v) is 5.81. The van der Waals surface area contributed by atoms with Crippen molar-refractivity contribution < 1.29 is 8.78 Å². The molecule has 3 rings (SSSR count). The van der Waals surface area contributed by atoms with Crippen LogP contribution in [-0.2, 0) is 0 Å². The molecule has 0 amide bonds. The molecule has 2 heterocycles. The Bertz CT molecular complexity index is 463. The fourth-order valence-electron chi connectivity index (χ4n) is 3.37. The van der Waals surface area contributed by atoms with Crippen LogP contribution >= 0.6 is 0 Å². The van der Waals surface area contributed by atoms with E-state index in [1.807, 2.05) is 6.92 Å². The quantitative estimate of drug-likeness (QED) is 0.905. The zero-order valence-electron chi connectivity index (χ0n) is 11.2. The number of piperidine rings is 1. The van der Waals surface area contributed by atoms with Gasteiger partial charge in [0.1, 0.15) is 0 Å². The lowest BCUT2D eigenvalue weighted by atomic mass is 9.93. The molecule has 0 saturated carbocycles. The first-order chi connectivity index (χ1) is 9.13. The molecule has 1 aromatic rings. The van der Waals surface area contributed by atoms with Gasteiger partial charge in [0.25, 0.3) is 0 Å². The predicted octanol–water partition coefficient (Wildman–Crippen LogP) is 2.71. The van der Waals surface area contributed by atoms with Gasteiger partial charge in [0.05, 0.1) is 0 Å². The lowest BCUT2D eigenvalue weighted by Gasteiger charge is -2.33. The van der Waals surface area contributed by atoms with Crippen LogP contribution in [0.3, 0.4) is 0 Å². The fraction of sp³-hybridized carbons (Fsp3) is 0.600. The van der Waals surface area contributed by atoms with Gasteiger partial charge in [-0.05, 0) is 56.5 Å². The molecule has 4 atom stereocenters. The summed E-state index contributed by atoms with van der Waals surface area (Å²) in [6, 6.07) is 4.74. The summed E-state index contributed by atoms with van der Waals surface area (Å²) in [5, 5.41) is 3.59. The summed E-state index contributed by atoms with van der Waals surface area (Å²) in [5.41, 5.74) is 0.819. The Balaban J connectivity index is 1.67. The van der Waals surface area contributed by atoms with E-state index in [-0.39, 0.29) is 6.04 Å². The summed E-state index contributed by atoms with van der Waals surface area (Å²) >= 11 is 0. The number of benzene rings is 1. The maximum absolute atomic E-state index is 13.3. The average molecular weight is 266 g/mol. The first kappa shape index (κ1) is 13.0. The SMILES string of the molecule is CC(NC1CCN2CCC1C2)c1ccc(F)c(F)c1. The first-order valence-corrected chi connectivity index (χ1v) is 7.07. The molecule has 4 heteroatoms. The Morgan fingerprint density at radius 2 is 2.00 bits per heavy atom. The maximum Gasteiger partial charge on any atom is 0.159 e. The number of fused-ring (bicyclic) bond motifs is 2. The van der Waals surface area contributed by atoms with Gasteiger partial charge < -0.3 is 10.2 Å². The number of nitrogens with one attached hydrogen (secondary N) is 1. The molecule has 1 aromatic carbocycles. The number of hydrogen-bond donors (Lipinski definition) is 1. The predicted molar refractivity (Wildman–Crippen MR) is 70.9 cm³/mol. The lowest BCUT2D eigenvalue weighted by Crippen LogP contribution is -2.44. The average Bonchev–Trinajstić information content (AvgIpc) is 2.79. The molecule has 2 nitrogen and oxygen atoms in total. The smallest absolute Gasteiger partial charge is 0.159 e. The molecule has 2 aliphatic heterocycles. The van der Waals surface area contributed by atoms with Crippen molar-refractivity contribution in [3.63, 3.8) is 0 Å². The first-order valence-electron chi connectivity index (χ1n) is 7.07. The molecule has 2 fully saturated rings. The molecule has 2 aliphatic rings. The van der Waals surface area contributed by atoms with Crippen molar-refractivity contribution in [3.05, 3.63) is 35.4 Å². The highest BCUT2D eigenvalue weighted by atomic mass is 19.2. The third-order valence-electron chi connectivity index (χ3n) is 4.54. The minimum Gasteiger partial charge on any atom is -0.307 e. The van der Waals surface area contributed by atoms with Gasteiger partial charge in [-0.3, -0.25) is 0 Å². The molecular weight excluding hydrogens is 246 g/mol. The molecule has 19 heavy (non-hydrogen) atoms. The maximum atomic E-state index is 13.3. The van der Waals surface area contributed by atoms with Crippen LogP contribution in [0.15, 0.2) is 18.2 Å². The Kier molecular flexibility index (Phi) is 3.54. The molecule has 2 saturated heterocycles. The molecule has 0 radical (unpaired) electrons. The van der Waals surface area contributed by atoms with Crippen LogP contribution in [0.25, 0.3) is 0 Å². The monoisotopic (exact) mass is 266 g/mol. The third kappa shape index (κ3) is 2.65. The molecule has 1 N–H and O–H groups in total. The van der Waals surface area contributed by atoms with Crippen molar-refractivity contribution in [2.45, 2.75) is 31.8 Å². The van der Waals surface area contributed by atoms with Crippen LogP contribution in [-0.4, -0.2) is 30.6 Å². The van der Waals surface area contributed by atoms with Crippen molar-refractivity contribution in [1.29, 1.82) is 0 Å². The van der Waals surface area contributed by atoms with E-state index in [0.717, 1.165) is 18.5 Å². The van der Waals surface area contributed by atoms with Crippen LogP contribution in [0.4, 0.5) is 8.78 Å². The molecule has 0 spiro atoms. The summed E-state index contributed by atoms with van der Waals surface area (Å²) in [4.78, 5) is 2.51. The molecule has 4 unspecified atom stereocenters. The van der Waals surface area contributed by atoms with Crippen molar-refractivity contribution >= 4 is 0 Å². The summed E-state index contributed by atoms with van der Waals surface area (Å²) in [7, 11) is 0. The summed E-state index contributed by atoms with van der Waals surface area (Å²) in [6.07, 6.45) is 2.40. The zero-order chi connectivity index (χ0) is 13.4. The molecule has 2 bridgehead atoms. The molecule has 104 valence electrons. The van der Waals surface area contributed by atoms with Crippen molar-refractivity contribution in [3.8, 4) is 0 Å². The number of hydrogen-bond acceptors (Lipinski definition) is 2. The van der Waals surface area contributed by atoms with E-state index in [0.29, 0.717) is 12.0 Å². The number of nitrogens with zero attached hydrogens (tertiary/aromatic N) is 1. The Morgan fingerprint density at radius 1 is 1.21 bits per heavy atom. The van der Waals surface area contributed by atoms with E-state index in [4.69, 9.17) is 0 Å². The Labute approximate surface area is 112 Å². The Hall–Kier alpha value is -1.00. The second-order valence-electron chi connectivity index (χ2n) is 5.81. The summed E-state index contributed by atoms with van der Waals surface area (Å²) in [5.74, 6) is -0.830. The number of rotatable bonds is 3. The van der Waals surface area contributed by atoms with Crippen LogP contribution in [0.2, 0.25) is 0 Å². The highest BCUT2D eigenvalue weighted by Gasteiger charge is 2.34. The van der Waals surface area contributed by atoms with Gasteiger partial charge in [-0.1, -0.05) is 6.07 Å². The summed E-state index contributed by atoms with van der Waals surface area (Å²) < 4.78 is 26.2. The fourth-order valence-corrected chi connectivity index (χ4v) is 3.37.